The van der Waals surface area contributed by atoms with Gasteiger partial charge >= 0.3 is 0 Å². The van der Waals surface area contributed by atoms with Crippen LogP contribution >= 0.6 is 0 Å². The Morgan fingerprint density at radius 1 is 1.14 bits per heavy atom. The molecule has 1 aromatic carbocycles. The number of carbonyl (C=O) groups is 2. The number of aromatic nitrogens is 1. The van der Waals surface area contributed by atoms with Gasteiger partial charge in [-0.3, -0.25) is 14.9 Å². The summed E-state index contributed by atoms with van der Waals surface area (Å²) in [5.41, 5.74) is 2.61. The van der Waals surface area contributed by atoms with E-state index in [0.717, 1.165) is 16.8 Å². The van der Waals surface area contributed by atoms with Gasteiger partial charge in [0.05, 0.1) is 12.0 Å². The second kappa shape index (κ2) is 7.24. The summed E-state index contributed by atoms with van der Waals surface area (Å²) in [5, 5.41) is 6.80. The maximum Gasteiger partial charge on any atom is 0.290 e. The molecule has 1 aliphatic rings. The fraction of sp³-hybridized carbons (Fsp3) is 0.318. The highest BCUT2D eigenvalue weighted by atomic mass is 16.5. The van der Waals surface area contributed by atoms with Crippen molar-refractivity contribution in [3.8, 4) is 0 Å². The fourth-order valence-electron chi connectivity index (χ4n) is 3.40. The number of nitrogens with one attached hydrogen (secondary N) is 1. The van der Waals surface area contributed by atoms with Crippen LogP contribution in [0, 0.1) is 0 Å². The standard InChI is InChI=1S/C22H23N3O4/c1-22(2,3)18-12-19(29-24-18)23-20(26)16-11-14-7-4-5-8-15(14)13-25(16)21(27)17-9-6-10-28-17/h4-10,12,16H,11,13H2,1-3H3,(H,23,26)/t16-/m0/s1. The van der Waals surface area contributed by atoms with Gasteiger partial charge in [0.25, 0.3) is 5.91 Å². The average Bonchev–Trinajstić information content (AvgIpc) is 3.38. The van der Waals surface area contributed by atoms with Gasteiger partial charge in [-0.1, -0.05) is 50.2 Å². The molecular formula is C22H23N3O4. The van der Waals surface area contributed by atoms with Crippen LogP contribution in [0.15, 0.2) is 57.7 Å². The summed E-state index contributed by atoms with van der Waals surface area (Å²) in [4.78, 5) is 27.6. The lowest BCUT2D eigenvalue weighted by Gasteiger charge is -2.35. The zero-order valence-electron chi connectivity index (χ0n) is 16.6. The lowest BCUT2D eigenvalue weighted by molar-refractivity contribution is -0.121. The molecule has 3 heterocycles. The highest BCUT2D eigenvalue weighted by Gasteiger charge is 2.36. The van der Waals surface area contributed by atoms with Crippen molar-refractivity contribution < 1.29 is 18.5 Å². The molecule has 1 aliphatic heterocycles. The molecular weight excluding hydrogens is 370 g/mol. The number of fused-ring (bicyclic) bond motifs is 1. The molecule has 0 bridgehead atoms. The van der Waals surface area contributed by atoms with E-state index in [9.17, 15) is 9.59 Å². The molecule has 0 saturated carbocycles. The van der Waals surface area contributed by atoms with E-state index in [1.165, 1.54) is 11.2 Å². The molecule has 7 nitrogen and oxygen atoms in total. The van der Waals surface area contributed by atoms with Gasteiger partial charge in [0.15, 0.2) is 5.76 Å². The predicted molar refractivity (Wildman–Crippen MR) is 106 cm³/mol. The van der Waals surface area contributed by atoms with Crippen molar-refractivity contribution >= 4 is 17.7 Å². The first-order chi connectivity index (χ1) is 13.8. The van der Waals surface area contributed by atoms with Crippen molar-refractivity contribution in [2.24, 2.45) is 0 Å². The number of amides is 2. The zero-order chi connectivity index (χ0) is 20.6. The Kier molecular flexibility index (Phi) is 4.74. The first-order valence-corrected chi connectivity index (χ1v) is 9.52. The minimum Gasteiger partial charge on any atom is -0.459 e. The van der Waals surface area contributed by atoms with Crippen LogP contribution in [0.5, 0.6) is 0 Å². The van der Waals surface area contributed by atoms with Crippen molar-refractivity contribution in [2.75, 3.05) is 5.32 Å². The molecule has 2 amide bonds. The molecule has 4 rings (SSSR count). The summed E-state index contributed by atoms with van der Waals surface area (Å²) in [7, 11) is 0. The van der Waals surface area contributed by atoms with Crippen molar-refractivity contribution in [3.05, 3.63) is 71.3 Å². The molecule has 3 aromatic rings. The van der Waals surface area contributed by atoms with E-state index in [0.29, 0.717) is 13.0 Å². The van der Waals surface area contributed by atoms with Crippen molar-refractivity contribution in [1.29, 1.82) is 0 Å². The number of rotatable bonds is 3. The Morgan fingerprint density at radius 3 is 2.55 bits per heavy atom. The van der Waals surface area contributed by atoms with Crippen molar-refractivity contribution in [2.45, 2.75) is 45.2 Å². The minimum atomic E-state index is -0.689. The molecule has 2 aromatic heterocycles. The van der Waals surface area contributed by atoms with Gasteiger partial charge in [-0.15, -0.1) is 0 Å². The third-order valence-corrected chi connectivity index (χ3v) is 5.07. The van der Waals surface area contributed by atoms with Crippen LogP contribution in [0.3, 0.4) is 0 Å². The molecule has 29 heavy (non-hydrogen) atoms. The van der Waals surface area contributed by atoms with E-state index < -0.39 is 6.04 Å². The second-order valence-corrected chi connectivity index (χ2v) is 8.21. The fourth-order valence-corrected chi connectivity index (χ4v) is 3.40. The molecule has 1 atom stereocenters. The monoisotopic (exact) mass is 393 g/mol. The molecule has 0 radical (unpaired) electrons. The number of anilines is 1. The number of hydrogen-bond acceptors (Lipinski definition) is 5. The smallest absolute Gasteiger partial charge is 0.290 e. The quantitative estimate of drug-likeness (QED) is 0.732. The van der Waals surface area contributed by atoms with Crippen LogP contribution in [0.1, 0.15) is 48.1 Å². The first kappa shape index (κ1) is 19.0. The molecule has 0 aliphatic carbocycles. The third kappa shape index (κ3) is 3.81. The molecule has 0 spiro atoms. The SMILES string of the molecule is CC(C)(C)c1cc(NC(=O)[C@@H]2Cc3ccccc3CN2C(=O)c2ccco2)on1. The van der Waals surface area contributed by atoms with E-state index in [1.54, 1.807) is 18.2 Å². The summed E-state index contributed by atoms with van der Waals surface area (Å²) >= 11 is 0. The van der Waals surface area contributed by atoms with Crippen LogP contribution < -0.4 is 5.32 Å². The summed E-state index contributed by atoms with van der Waals surface area (Å²) in [6, 6.07) is 12.1. The minimum absolute atomic E-state index is 0.197. The van der Waals surface area contributed by atoms with Gasteiger partial charge in [0.2, 0.25) is 11.8 Å². The first-order valence-electron chi connectivity index (χ1n) is 9.52. The second-order valence-electron chi connectivity index (χ2n) is 8.21. The number of hydrogen-bond donors (Lipinski definition) is 1. The third-order valence-electron chi connectivity index (χ3n) is 5.07. The van der Waals surface area contributed by atoms with Gasteiger partial charge in [0, 0.05) is 24.4 Å². The van der Waals surface area contributed by atoms with Gasteiger partial charge in [-0.05, 0) is 23.3 Å². The molecule has 150 valence electrons. The molecule has 0 fully saturated rings. The van der Waals surface area contributed by atoms with Gasteiger partial charge in [0.1, 0.15) is 6.04 Å². The average molecular weight is 393 g/mol. The van der Waals surface area contributed by atoms with E-state index in [1.807, 2.05) is 45.0 Å². The molecule has 7 heteroatoms. The van der Waals surface area contributed by atoms with Gasteiger partial charge in [-0.25, -0.2) is 0 Å². The number of benzene rings is 1. The normalized spacial score (nSPS) is 16.4. The van der Waals surface area contributed by atoms with Crippen LogP contribution in [0.25, 0.3) is 0 Å². The number of carbonyl (C=O) groups excluding carboxylic acids is 2. The summed E-state index contributed by atoms with van der Waals surface area (Å²) in [6.07, 6.45) is 1.86. The summed E-state index contributed by atoms with van der Waals surface area (Å²) in [6.45, 7) is 6.37. The number of nitrogens with zero attached hydrogens (tertiary/aromatic N) is 2. The lowest BCUT2D eigenvalue weighted by atomic mass is 9.92. The van der Waals surface area contributed by atoms with Crippen LogP contribution in [0.2, 0.25) is 0 Å². The maximum atomic E-state index is 13.1. The van der Waals surface area contributed by atoms with Crippen molar-refractivity contribution in [3.63, 3.8) is 0 Å². The van der Waals surface area contributed by atoms with E-state index in [-0.39, 0.29) is 28.9 Å². The summed E-state index contributed by atoms with van der Waals surface area (Å²) < 4.78 is 10.6. The largest absolute Gasteiger partial charge is 0.459 e. The van der Waals surface area contributed by atoms with Crippen molar-refractivity contribution in [1.82, 2.24) is 10.1 Å². The zero-order valence-corrected chi connectivity index (χ0v) is 16.6. The van der Waals surface area contributed by atoms with Crippen LogP contribution in [0.4, 0.5) is 5.88 Å². The van der Waals surface area contributed by atoms with Gasteiger partial charge < -0.3 is 13.8 Å². The molecule has 0 unspecified atom stereocenters. The van der Waals surface area contributed by atoms with Gasteiger partial charge in [-0.2, -0.15) is 0 Å². The highest BCUT2D eigenvalue weighted by molar-refractivity contribution is 6.00. The highest BCUT2D eigenvalue weighted by Crippen LogP contribution is 2.27. The Labute approximate surface area is 168 Å². The Morgan fingerprint density at radius 2 is 1.90 bits per heavy atom. The van der Waals surface area contributed by atoms with E-state index in [2.05, 4.69) is 10.5 Å². The maximum absolute atomic E-state index is 13.1. The molecule has 0 saturated heterocycles. The summed E-state index contributed by atoms with van der Waals surface area (Å²) in [5.74, 6) is -0.172. The topological polar surface area (TPSA) is 88.6 Å². The lowest BCUT2D eigenvalue weighted by Crippen LogP contribution is -2.50. The van der Waals surface area contributed by atoms with E-state index in [4.69, 9.17) is 8.94 Å². The Balaban J connectivity index is 1.60. The Bertz CT molecular complexity index is 1030. The van der Waals surface area contributed by atoms with Crippen LogP contribution in [-0.2, 0) is 23.2 Å². The van der Waals surface area contributed by atoms with E-state index >= 15 is 0 Å². The molecule has 1 N–H and O–H groups in total. The predicted octanol–water partition coefficient (Wildman–Crippen LogP) is 3.77. The van der Waals surface area contributed by atoms with Crippen LogP contribution in [-0.4, -0.2) is 27.9 Å². The Hall–Kier alpha value is -3.35. The number of furan rings is 1.